The highest BCUT2D eigenvalue weighted by atomic mass is 127. The van der Waals surface area contributed by atoms with E-state index in [9.17, 15) is 0 Å². The Morgan fingerprint density at radius 1 is 1.21 bits per heavy atom. The molecule has 1 aromatic carbocycles. The van der Waals surface area contributed by atoms with Crippen LogP contribution in [0, 0.1) is 0 Å². The number of guanidine groups is 1. The predicted molar refractivity (Wildman–Crippen MR) is 126 cm³/mol. The van der Waals surface area contributed by atoms with E-state index in [0.717, 1.165) is 56.8 Å². The topological polar surface area (TPSA) is 61.8 Å². The molecule has 0 atom stereocenters. The minimum atomic E-state index is 0. The number of nitrogens with zero attached hydrogens (tertiary/aromatic N) is 3. The summed E-state index contributed by atoms with van der Waals surface area (Å²) >= 11 is 1.75. The third-order valence-corrected chi connectivity index (χ3v) is 5.68. The van der Waals surface area contributed by atoms with E-state index in [-0.39, 0.29) is 24.0 Å². The zero-order valence-electron chi connectivity index (χ0n) is 16.6. The first-order valence-electron chi connectivity index (χ1n) is 9.53. The van der Waals surface area contributed by atoms with Crippen LogP contribution in [-0.2, 0) is 30.8 Å². The fourth-order valence-electron chi connectivity index (χ4n) is 3.01. The molecule has 2 aromatic rings. The number of aliphatic imine (C=N–C) groups is 1. The van der Waals surface area contributed by atoms with Gasteiger partial charge in [0.15, 0.2) is 5.96 Å². The number of hydrogen-bond acceptors (Lipinski definition) is 5. The average Bonchev–Trinajstić information content (AvgIpc) is 3.17. The Bertz CT molecular complexity index is 746. The summed E-state index contributed by atoms with van der Waals surface area (Å²) in [5, 5.41) is 7.81. The third-order valence-electron chi connectivity index (χ3n) is 4.54. The number of morpholine rings is 1. The summed E-state index contributed by atoms with van der Waals surface area (Å²) in [6, 6.07) is 8.74. The van der Waals surface area contributed by atoms with Crippen molar-refractivity contribution in [3.63, 3.8) is 0 Å². The van der Waals surface area contributed by atoms with Gasteiger partial charge in [0.1, 0.15) is 5.01 Å². The van der Waals surface area contributed by atoms with Gasteiger partial charge in [0.25, 0.3) is 0 Å². The second kappa shape index (κ2) is 12.4. The van der Waals surface area contributed by atoms with Crippen molar-refractivity contribution in [1.29, 1.82) is 0 Å². The molecule has 6 nitrogen and oxygen atoms in total. The van der Waals surface area contributed by atoms with E-state index in [1.807, 2.05) is 6.20 Å². The lowest BCUT2D eigenvalue weighted by molar-refractivity contribution is 0.0342. The van der Waals surface area contributed by atoms with Crippen LogP contribution in [0.3, 0.4) is 0 Å². The molecule has 8 heteroatoms. The van der Waals surface area contributed by atoms with E-state index < -0.39 is 0 Å². The van der Waals surface area contributed by atoms with E-state index in [0.29, 0.717) is 6.54 Å². The molecule has 0 saturated carbocycles. The largest absolute Gasteiger partial charge is 0.379 e. The number of halogens is 1. The molecule has 28 heavy (non-hydrogen) atoms. The Labute approximate surface area is 188 Å². The van der Waals surface area contributed by atoms with E-state index in [2.05, 4.69) is 56.7 Å². The van der Waals surface area contributed by atoms with Crippen molar-refractivity contribution >= 4 is 41.3 Å². The van der Waals surface area contributed by atoms with Gasteiger partial charge in [-0.1, -0.05) is 31.2 Å². The van der Waals surface area contributed by atoms with Gasteiger partial charge in [0.05, 0.1) is 19.8 Å². The Hall–Kier alpha value is -1.23. The van der Waals surface area contributed by atoms with Gasteiger partial charge in [-0.2, -0.15) is 0 Å². The van der Waals surface area contributed by atoms with Crippen LogP contribution < -0.4 is 10.6 Å². The van der Waals surface area contributed by atoms with Gasteiger partial charge in [-0.15, -0.1) is 35.3 Å². The Morgan fingerprint density at radius 2 is 1.96 bits per heavy atom. The van der Waals surface area contributed by atoms with Crippen LogP contribution in [0.2, 0.25) is 0 Å². The summed E-state index contributed by atoms with van der Waals surface area (Å²) in [6.45, 7) is 8.26. The normalized spacial score (nSPS) is 15.1. The highest BCUT2D eigenvalue weighted by molar-refractivity contribution is 14.0. The van der Waals surface area contributed by atoms with Crippen molar-refractivity contribution < 1.29 is 4.74 Å². The summed E-state index contributed by atoms with van der Waals surface area (Å²) in [6.07, 6.45) is 2.99. The summed E-state index contributed by atoms with van der Waals surface area (Å²) in [4.78, 5) is 12.5. The monoisotopic (exact) mass is 515 g/mol. The van der Waals surface area contributed by atoms with Gasteiger partial charge in [-0.25, -0.2) is 4.98 Å². The van der Waals surface area contributed by atoms with E-state index in [1.165, 1.54) is 16.0 Å². The second-order valence-electron chi connectivity index (χ2n) is 6.56. The standard InChI is InChI=1S/C20H29N5OS.HI/c1-3-18-13-22-19(27-18)14-24-20(21-2)23-12-16-5-4-6-17(11-16)15-25-7-9-26-10-8-25;/h4-6,11,13H,3,7-10,12,14-15H2,1-2H3,(H2,21,23,24);1H. The van der Waals surface area contributed by atoms with Crippen molar-refractivity contribution in [3.05, 3.63) is 51.5 Å². The van der Waals surface area contributed by atoms with Gasteiger partial charge in [0.2, 0.25) is 0 Å². The number of nitrogens with one attached hydrogen (secondary N) is 2. The number of aromatic nitrogens is 1. The second-order valence-corrected chi connectivity index (χ2v) is 7.76. The van der Waals surface area contributed by atoms with Crippen LogP contribution in [-0.4, -0.2) is 49.2 Å². The molecule has 0 aliphatic carbocycles. The lowest BCUT2D eigenvalue weighted by atomic mass is 10.1. The average molecular weight is 515 g/mol. The van der Waals surface area contributed by atoms with Crippen molar-refractivity contribution in [2.45, 2.75) is 33.0 Å². The van der Waals surface area contributed by atoms with Gasteiger partial charge in [-0.3, -0.25) is 9.89 Å². The van der Waals surface area contributed by atoms with E-state index in [1.54, 1.807) is 18.4 Å². The van der Waals surface area contributed by atoms with E-state index in [4.69, 9.17) is 4.74 Å². The van der Waals surface area contributed by atoms with Gasteiger partial charge in [0, 0.05) is 44.3 Å². The molecule has 1 aliphatic rings. The molecule has 1 saturated heterocycles. The molecule has 3 rings (SSSR count). The number of ether oxygens (including phenoxy) is 1. The third kappa shape index (κ3) is 7.31. The molecular formula is C20H30IN5OS. The van der Waals surface area contributed by atoms with Gasteiger partial charge < -0.3 is 15.4 Å². The molecule has 1 fully saturated rings. The molecule has 0 bridgehead atoms. The maximum Gasteiger partial charge on any atom is 0.191 e. The van der Waals surface area contributed by atoms with Crippen LogP contribution in [0.5, 0.6) is 0 Å². The zero-order valence-corrected chi connectivity index (χ0v) is 19.8. The number of hydrogen-bond donors (Lipinski definition) is 2. The lowest BCUT2D eigenvalue weighted by Gasteiger charge is -2.26. The Balaban J connectivity index is 0.00000280. The minimum Gasteiger partial charge on any atom is -0.379 e. The molecule has 2 N–H and O–H groups in total. The highest BCUT2D eigenvalue weighted by Crippen LogP contribution is 2.13. The van der Waals surface area contributed by atoms with Gasteiger partial charge >= 0.3 is 0 Å². The van der Waals surface area contributed by atoms with E-state index >= 15 is 0 Å². The molecule has 154 valence electrons. The van der Waals surface area contributed by atoms with Gasteiger partial charge in [-0.05, 0) is 17.5 Å². The fraction of sp³-hybridized carbons (Fsp3) is 0.500. The number of benzene rings is 1. The van der Waals surface area contributed by atoms with Crippen LogP contribution in [0.4, 0.5) is 0 Å². The predicted octanol–water partition coefficient (Wildman–Crippen LogP) is 3.02. The molecule has 0 spiro atoms. The molecule has 2 heterocycles. The number of aryl methyl sites for hydroxylation is 1. The van der Waals surface area contributed by atoms with Crippen molar-refractivity contribution in [2.75, 3.05) is 33.4 Å². The van der Waals surface area contributed by atoms with Crippen molar-refractivity contribution in [2.24, 2.45) is 4.99 Å². The molecule has 1 aliphatic heterocycles. The quantitative estimate of drug-likeness (QED) is 0.338. The summed E-state index contributed by atoms with van der Waals surface area (Å²) in [5.41, 5.74) is 2.60. The lowest BCUT2D eigenvalue weighted by Crippen LogP contribution is -2.36. The van der Waals surface area contributed by atoms with Crippen LogP contribution in [0.1, 0.15) is 27.9 Å². The molecule has 0 amide bonds. The summed E-state index contributed by atoms with van der Waals surface area (Å²) < 4.78 is 5.43. The summed E-state index contributed by atoms with van der Waals surface area (Å²) in [5.74, 6) is 0.793. The molecular weight excluding hydrogens is 485 g/mol. The smallest absolute Gasteiger partial charge is 0.191 e. The molecule has 1 aromatic heterocycles. The first-order chi connectivity index (χ1) is 13.3. The molecule has 0 unspecified atom stereocenters. The number of thiazole rings is 1. The highest BCUT2D eigenvalue weighted by Gasteiger charge is 2.11. The maximum absolute atomic E-state index is 5.43. The summed E-state index contributed by atoms with van der Waals surface area (Å²) in [7, 11) is 1.80. The van der Waals surface area contributed by atoms with Crippen molar-refractivity contribution in [1.82, 2.24) is 20.5 Å². The fourth-order valence-corrected chi connectivity index (χ4v) is 3.82. The molecule has 0 radical (unpaired) electrons. The first-order valence-corrected chi connectivity index (χ1v) is 10.3. The number of rotatable bonds is 7. The van der Waals surface area contributed by atoms with Crippen molar-refractivity contribution in [3.8, 4) is 0 Å². The van der Waals surface area contributed by atoms with Crippen LogP contribution >= 0.6 is 35.3 Å². The minimum absolute atomic E-state index is 0. The zero-order chi connectivity index (χ0) is 18.9. The first kappa shape index (κ1) is 23.1. The van der Waals surface area contributed by atoms with Crippen LogP contribution in [0.25, 0.3) is 0 Å². The van der Waals surface area contributed by atoms with Crippen LogP contribution in [0.15, 0.2) is 35.5 Å². The SMILES string of the molecule is CCc1cnc(CNC(=NC)NCc2cccc(CN3CCOCC3)c2)s1.I. The maximum atomic E-state index is 5.43. The Morgan fingerprint density at radius 3 is 2.68 bits per heavy atom. The Kier molecular flexibility index (Phi) is 10.2.